The number of benzene rings is 4. The molecule has 0 aliphatic carbocycles. The van der Waals surface area contributed by atoms with Crippen LogP contribution in [-0.2, 0) is 13.0 Å². The lowest BCUT2D eigenvalue weighted by molar-refractivity contribution is 0.0697. The Bertz CT molecular complexity index is 1610. The smallest absolute Gasteiger partial charge is 0.336 e. The molecule has 0 amide bonds. The zero-order valence-corrected chi connectivity index (χ0v) is 19.8. The number of hydrogen-bond acceptors (Lipinski definition) is 3. The van der Waals surface area contributed by atoms with Crippen molar-refractivity contribution in [2.45, 2.75) is 13.0 Å². The standard InChI is InChI=1S/C31H24N2O3/c1-36-25-12-14-28(29(17-25)31(34)35)26-10-6-5-9-23(26)16-24-20-33(19-21-7-3-2-4-8-21)30-15-22(18-32)11-13-27(24)30/h2-15,17,20H,16,19H2,1H3,(H,34,35). The first-order chi connectivity index (χ1) is 17.6. The fraction of sp³-hybridized carbons (Fsp3) is 0.0968. The summed E-state index contributed by atoms with van der Waals surface area (Å²) in [5.41, 5.74) is 6.65. The van der Waals surface area contributed by atoms with E-state index in [2.05, 4.69) is 29.0 Å². The van der Waals surface area contributed by atoms with E-state index in [1.54, 1.807) is 18.2 Å². The second kappa shape index (κ2) is 9.81. The van der Waals surface area contributed by atoms with Crippen LogP contribution in [0.5, 0.6) is 5.75 Å². The third-order valence-electron chi connectivity index (χ3n) is 6.44. The molecule has 0 spiro atoms. The van der Waals surface area contributed by atoms with Crippen molar-refractivity contribution >= 4 is 16.9 Å². The maximum atomic E-state index is 12.1. The van der Waals surface area contributed by atoms with Gasteiger partial charge in [0.05, 0.1) is 24.3 Å². The molecule has 5 heteroatoms. The molecule has 1 aromatic heterocycles. The Morgan fingerprint density at radius 2 is 1.69 bits per heavy atom. The zero-order chi connectivity index (χ0) is 25.1. The molecule has 0 bridgehead atoms. The van der Waals surface area contributed by atoms with Crippen molar-refractivity contribution in [3.63, 3.8) is 0 Å². The summed E-state index contributed by atoms with van der Waals surface area (Å²) in [5, 5.41) is 20.4. The van der Waals surface area contributed by atoms with E-state index >= 15 is 0 Å². The van der Waals surface area contributed by atoms with Gasteiger partial charge < -0.3 is 14.4 Å². The molecule has 0 saturated heterocycles. The molecule has 5 aromatic rings. The van der Waals surface area contributed by atoms with Gasteiger partial charge in [0.2, 0.25) is 0 Å². The minimum atomic E-state index is -0.998. The predicted octanol–water partition coefficient (Wildman–Crippen LogP) is 6.53. The van der Waals surface area contributed by atoms with E-state index < -0.39 is 5.97 Å². The van der Waals surface area contributed by atoms with E-state index in [-0.39, 0.29) is 5.56 Å². The number of hydrogen-bond donors (Lipinski definition) is 1. The summed E-state index contributed by atoms with van der Waals surface area (Å²) >= 11 is 0. The van der Waals surface area contributed by atoms with Crippen LogP contribution in [-0.4, -0.2) is 22.8 Å². The number of fused-ring (bicyclic) bond motifs is 1. The van der Waals surface area contributed by atoms with Crippen LogP contribution in [0.3, 0.4) is 0 Å². The van der Waals surface area contributed by atoms with Crippen molar-refractivity contribution < 1.29 is 14.6 Å². The molecule has 5 nitrogen and oxygen atoms in total. The Morgan fingerprint density at radius 3 is 2.44 bits per heavy atom. The second-order valence-electron chi connectivity index (χ2n) is 8.66. The average Bonchev–Trinajstić information content (AvgIpc) is 3.25. The summed E-state index contributed by atoms with van der Waals surface area (Å²) in [4.78, 5) is 12.1. The number of rotatable bonds is 7. The van der Waals surface area contributed by atoms with Gasteiger partial charge in [0.15, 0.2) is 0 Å². The topological polar surface area (TPSA) is 75.2 Å². The number of methoxy groups -OCH3 is 1. The summed E-state index contributed by atoms with van der Waals surface area (Å²) in [6.07, 6.45) is 2.76. The minimum absolute atomic E-state index is 0.201. The third-order valence-corrected chi connectivity index (χ3v) is 6.44. The van der Waals surface area contributed by atoms with Gasteiger partial charge in [0, 0.05) is 30.1 Å². The molecule has 1 heterocycles. The molecule has 4 aromatic carbocycles. The molecule has 0 atom stereocenters. The van der Waals surface area contributed by atoms with Gasteiger partial charge in [-0.2, -0.15) is 5.26 Å². The molecular formula is C31H24N2O3. The lowest BCUT2D eigenvalue weighted by Gasteiger charge is -2.13. The maximum absolute atomic E-state index is 12.1. The number of carboxylic acids is 1. The molecule has 176 valence electrons. The molecule has 0 radical (unpaired) electrons. The van der Waals surface area contributed by atoms with E-state index in [1.807, 2.05) is 60.7 Å². The quantitative estimate of drug-likeness (QED) is 0.292. The SMILES string of the molecule is COc1ccc(-c2ccccc2Cc2cn(Cc3ccccc3)c3cc(C#N)ccc23)c(C(=O)O)c1. The predicted molar refractivity (Wildman–Crippen MR) is 140 cm³/mol. The number of ether oxygens (including phenoxy) is 1. The summed E-state index contributed by atoms with van der Waals surface area (Å²) in [6, 6.07) is 31.3. The first kappa shape index (κ1) is 22.9. The average molecular weight is 473 g/mol. The number of nitriles is 1. The first-order valence-electron chi connectivity index (χ1n) is 11.6. The van der Waals surface area contributed by atoms with Crippen LogP contribution in [0.4, 0.5) is 0 Å². The third kappa shape index (κ3) is 4.45. The first-order valence-corrected chi connectivity index (χ1v) is 11.6. The highest BCUT2D eigenvalue weighted by atomic mass is 16.5. The summed E-state index contributed by atoms with van der Waals surface area (Å²) in [6.45, 7) is 0.690. The number of carboxylic acid groups (broad SMARTS) is 1. The van der Waals surface area contributed by atoms with Crippen molar-refractivity contribution in [2.24, 2.45) is 0 Å². The normalized spacial score (nSPS) is 10.8. The van der Waals surface area contributed by atoms with Crippen molar-refractivity contribution in [3.8, 4) is 22.9 Å². The summed E-state index contributed by atoms with van der Waals surface area (Å²) in [5.74, 6) is -0.492. The number of aromatic nitrogens is 1. The Kier molecular flexibility index (Phi) is 6.25. The van der Waals surface area contributed by atoms with Gasteiger partial charge in [0.1, 0.15) is 5.75 Å². The van der Waals surface area contributed by atoms with Gasteiger partial charge in [0.25, 0.3) is 0 Å². The largest absolute Gasteiger partial charge is 0.497 e. The van der Waals surface area contributed by atoms with E-state index in [0.29, 0.717) is 29.8 Å². The molecule has 0 unspecified atom stereocenters. The highest BCUT2D eigenvalue weighted by molar-refractivity contribution is 5.97. The van der Waals surface area contributed by atoms with Gasteiger partial charge in [-0.25, -0.2) is 4.79 Å². The molecule has 0 fully saturated rings. The van der Waals surface area contributed by atoms with Gasteiger partial charge >= 0.3 is 5.97 Å². The number of aromatic carboxylic acids is 1. The molecular weight excluding hydrogens is 448 g/mol. The maximum Gasteiger partial charge on any atom is 0.336 e. The molecule has 36 heavy (non-hydrogen) atoms. The van der Waals surface area contributed by atoms with Crippen LogP contribution in [0, 0.1) is 11.3 Å². The lowest BCUT2D eigenvalue weighted by Crippen LogP contribution is -2.02. The Balaban J connectivity index is 1.61. The van der Waals surface area contributed by atoms with Crippen LogP contribution >= 0.6 is 0 Å². The van der Waals surface area contributed by atoms with Crippen LogP contribution < -0.4 is 4.74 Å². The van der Waals surface area contributed by atoms with E-state index in [0.717, 1.165) is 27.6 Å². The lowest BCUT2D eigenvalue weighted by atomic mass is 9.92. The van der Waals surface area contributed by atoms with Crippen molar-refractivity contribution in [1.82, 2.24) is 4.57 Å². The Morgan fingerprint density at radius 1 is 0.917 bits per heavy atom. The van der Waals surface area contributed by atoms with E-state index in [9.17, 15) is 15.2 Å². The van der Waals surface area contributed by atoms with Crippen LogP contribution in [0.15, 0.2) is 97.2 Å². The van der Waals surface area contributed by atoms with Gasteiger partial charge in [-0.3, -0.25) is 0 Å². The van der Waals surface area contributed by atoms with Crippen molar-refractivity contribution in [1.29, 1.82) is 5.26 Å². The highest BCUT2D eigenvalue weighted by Gasteiger charge is 2.17. The van der Waals surface area contributed by atoms with Crippen molar-refractivity contribution in [3.05, 3.63) is 125 Å². The zero-order valence-electron chi connectivity index (χ0n) is 19.8. The van der Waals surface area contributed by atoms with Crippen LogP contribution in [0.1, 0.15) is 32.6 Å². The number of carbonyl (C=O) groups is 1. The van der Waals surface area contributed by atoms with E-state index in [1.165, 1.54) is 12.7 Å². The fourth-order valence-corrected chi connectivity index (χ4v) is 4.69. The van der Waals surface area contributed by atoms with Crippen LogP contribution in [0.25, 0.3) is 22.0 Å². The van der Waals surface area contributed by atoms with Crippen molar-refractivity contribution in [2.75, 3.05) is 7.11 Å². The molecule has 5 rings (SSSR count). The fourth-order valence-electron chi connectivity index (χ4n) is 4.69. The molecule has 0 aliphatic rings. The monoisotopic (exact) mass is 472 g/mol. The van der Waals surface area contributed by atoms with Gasteiger partial charge in [-0.1, -0.05) is 60.7 Å². The van der Waals surface area contributed by atoms with E-state index in [4.69, 9.17) is 4.74 Å². The minimum Gasteiger partial charge on any atom is -0.497 e. The molecule has 1 N–H and O–H groups in total. The summed E-state index contributed by atoms with van der Waals surface area (Å²) < 4.78 is 7.43. The van der Waals surface area contributed by atoms with Crippen LogP contribution in [0.2, 0.25) is 0 Å². The van der Waals surface area contributed by atoms with Gasteiger partial charge in [-0.15, -0.1) is 0 Å². The second-order valence-corrected chi connectivity index (χ2v) is 8.66. The number of nitrogens with zero attached hydrogens (tertiary/aromatic N) is 2. The molecule has 0 aliphatic heterocycles. The Labute approximate surface area is 209 Å². The van der Waals surface area contributed by atoms with Gasteiger partial charge in [-0.05, 0) is 58.1 Å². The Hall–Kier alpha value is -4.82. The highest BCUT2D eigenvalue weighted by Crippen LogP contribution is 2.33. The summed E-state index contributed by atoms with van der Waals surface area (Å²) in [7, 11) is 1.53. The molecule has 0 saturated carbocycles.